The first kappa shape index (κ1) is 35.5. The molecule has 0 aliphatic carbocycles. The third-order valence-electron chi connectivity index (χ3n) is 10.5. The molecule has 3 unspecified atom stereocenters. The van der Waals surface area contributed by atoms with Crippen molar-refractivity contribution >= 4 is 35.2 Å². The maximum Gasteiger partial charge on any atom is 0.247 e. The molecule has 7 atom stereocenters. The molecule has 0 saturated carbocycles. The van der Waals surface area contributed by atoms with Crippen LogP contribution in [0, 0.1) is 17.8 Å². The van der Waals surface area contributed by atoms with Gasteiger partial charge in [0, 0.05) is 30.6 Å². The van der Waals surface area contributed by atoms with Gasteiger partial charge in [-0.3, -0.25) is 14.4 Å². The zero-order valence-corrected chi connectivity index (χ0v) is 29.7. The van der Waals surface area contributed by atoms with Gasteiger partial charge < -0.3 is 24.5 Å². The van der Waals surface area contributed by atoms with E-state index in [9.17, 15) is 9.90 Å². The second kappa shape index (κ2) is 15.3. The molecular weight excluding hydrogens is 647 g/mol. The van der Waals surface area contributed by atoms with Gasteiger partial charge in [-0.2, -0.15) is 0 Å². The summed E-state index contributed by atoms with van der Waals surface area (Å²) in [6.45, 7) is 13.1. The first-order chi connectivity index (χ1) is 24.3. The number of amides is 3. The average molecular weight is 694 g/mol. The largest absolute Gasteiger partial charge is 0.494 e. The van der Waals surface area contributed by atoms with Gasteiger partial charge in [-0.05, 0) is 61.1 Å². The molecule has 2 bridgehead atoms. The van der Waals surface area contributed by atoms with Gasteiger partial charge in [0.2, 0.25) is 17.7 Å². The summed E-state index contributed by atoms with van der Waals surface area (Å²) >= 11 is 1.64. The lowest BCUT2D eigenvalue weighted by Gasteiger charge is -2.42. The Kier molecular flexibility index (Phi) is 10.8. The zero-order valence-electron chi connectivity index (χ0n) is 28.9. The van der Waals surface area contributed by atoms with Crippen LogP contribution in [0.3, 0.4) is 0 Å². The van der Waals surface area contributed by atoms with Crippen LogP contribution in [-0.2, 0) is 27.3 Å². The van der Waals surface area contributed by atoms with Crippen LogP contribution in [0.5, 0.6) is 5.75 Å². The minimum absolute atomic E-state index is 0.0221. The van der Waals surface area contributed by atoms with E-state index in [-0.39, 0.29) is 42.0 Å². The van der Waals surface area contributed by atoms with Crippen LogP contribution in [0.1, 0.15) is 31.4 Å². The fourth-order valence-electron chi connectivity index (χ4n) is 8.44. The van der Waals surface area contributed by atoms with Crippen LogP contribution < -0.4 is 9.64 Å². The van der Waals surface area contributed by atoms with Gasteiger partial charge in [-0.25, -0.2) is 0 Å². The lowest BCUT2D eigenvalue weighted by Crippen LogP contribution is -2.59. The molecule has 50 heavy (non-hydrogen) atoms. The molecule has 0 aromatic heterocycles. The molecule has 262 valence electrons. The van der Waals surface area contributed by atoms with E-state index >= 15 is 9.59 Å². The molecule has 3 aliphatic heterocycles. The van der Waals surface area contributed by atoms with Crippen LogP contribution in [0.15, 0.2) is 110 Å². The van der Waals surface area contributed by atoms with E-state index in [2.05, 4.69) is 20.1 Å². The fraction of sp³-hybridized carbons (Fsp3) is 0.390. The minimum atomic E-state index is -0.870. The van der Waals surface area contributed by atoms with Gasteiger partial charge >= 0.3 is 0 Å². The minimum Gasteiger partial charge on any atom is -0.494 e. The predicted octanol–water partition coefficient (Wildman–Crippen LogP) is 5.76. The number of carbonyl (C=O) groups excluding carboxylic acids is 3. The average Bonchev–Trinajstić information content (AvgIpc) is 3.73. The predicted molar refractivity (Wildman–Crippen MR) is 199 cm³/mol. The number of carbonyl (C=O) groups is 3. The van der Waals surface area contributed by atoms with E-state index in [0.29, 0.717) is 44.0 Å². The summed E-state index contributed by atoms with van der Waals surface area (Å²) in [7, 11) is 0. The summed E-state index contributed by atoms with van der Waals surface area (Å²) in [4.78, 5) is 50.2. The molecule has 3 heterocycles. The number of aliphatic hydroxyl groups excluding tert-OH is 1. The first-order valence-corrected chi connectivity index (χ1v) is 18.4. The number of rotatable bonds is 15. The first-order valence-electron chi connectivity index (χ1n) is 17.5. The van der Waals surface area contributed by atoms with Crippen molar-refractivity contribution in [3.8, 4) is 5.75 Å². The van der Waals surface area contributed by atoms with E-state index in [4.69, 9.17) is 4.74 Å². The summed E-state index contributed by atoms with van der Waals surface area (Å²) in [5.41, 5.74) is 2.62. The number of anilines is 1. The van der Waals surface area contributed by atoms with Crippen molar-refractivity contribution < 1.29 is 24.2 Å². The molecule has 0 radical (unpaired) electrons. The number of hydrogen-bond acceptors (Lipinski definition) is 6. The summed E-state index contributed by atoms with van der Waals surface area (Å²) in [6.07, 6.45) is 4.49. The van der Waals surface area contributed by atoms with Crippen molar-refractivity contribution in [3.05, 3.63) is 121 Å². The number of nitrogens with zero attached hydrogens (tertiary/aromatic N) is 3. The van der Waals surface area contributed by atoms with Crippen LogP contribution in [-0.4, -0.2) is 81.0 Å². The standard InChI is InChI=1S/C41H47N3O5S/c1-5-22-42(26-30-16-12-9-13-17-30)40(48)37-41-28(4)24-34(50-41)35(38(46)43(23-6-2)31-18-20-33(21-19-31)49-7-3)36(41)39(47)44(37)32(27-45)25-29-14-10-8-11-15-29/h5-6,8-21,28,32,34-37,45H,1-2,7,22-27H2,3-4H3/t28?,32-,34+,35-,36+,37?,41?/m1/s1. The SMILES string of the molecule is C=CCN(Cc1ccccc1)C(=O)C1N([C@@H](CO)Cc2ccccc2)C(=O)[C@@H]2[C@H](C(=O)N(CC=C)c3ccc(OCC)cc3)[C@@H]3CC(C)C12S3. The highest BCUT2D eigenvalue weighted by Gasteiger charge is 2.77. The Labute approximate surface area is 299 Å². The topological polar surface area (TPSA) is 90.4 Å². The molecule has 3 amide bonds. The van der Waals surface area contributed by atoms with E-state index < -0.39 is 28.7 Å². The van der Waals surface area contributed by atoms with Gasteiger partial charge in [0.05, 0.1) is 35.8 Å². The van der Waals surface area contributed by atoms with E-state index in [1.165, 1.54) is 0 Å². The third kappa shape index (κ3) is 6.37. The molecule has 1 spiro atoms. The van der Waals surface area contributed by atoms with Crippen molar-refractivity contribution in [2.24, 2.45) is 17.8 Å². The van der Waals surface area contributed by atoms with Gasteiger partial charge in [-0.15, -0.1) is 24.9 Å². The molecule has 1 N–H and O–H groups in total. The Morgan fingerprint density at radius 2 is 1.62 bits per heavy atom. The molecule has 3 aromatic carbocycles. The number of aliphatic hydroxyl groups is 1. The Morgan fingerprint density at radius 1 is 0.980 bits per heavy atom. The van der Waals surface area contributed by atoms with Gasteiger partial charge in [0.25, 0.3) is 0 Å². The zero-order chi connectivity index (χ0) is 35.4. The van der Waals surface area contributed by atoms with Crippen LogP contribution in [0.2, 0.25) is 0 Å². The Morgan fingerprint density at radius 3 is 2.22 bits per heavy atom. The highest BCUT2D eigenvalue weighted by molar-refractivity contribution is 8.02. The second-order valence-electron chi connectivity index (χ2n) is 13.5. The normalized spacial score (nSPS) is 25.5. The summed E-state index contributed by atoms with van der Waals surface area (Å²) in [5.74, 6) is -1.26. The third-order valence-corrected chi connectivity index (χ3v) is 12.6. The second-order valence-corrected chi connectivity index (χ2v) is 15.0. The number of fused-ring (bicyclic) bond motifs is 1. The Balaban J connectivity index is 1.43. The lowest BCUT2D eigenvalue weighted by atomic mass is 9.65. The van der Waals surface area contributed by atoms with Crippen LogP contribution >= 0.6 is 11.8 Å². The molecule has 3 aromatic rings. The van der Waals surface area contributed by atoms with Crippen LogP contribution in [0.25, 0.3) is 0 Å². The maximum absolute atomic E-state index is 15.1. The molecular formula is C41H47N3O5S. The summed E-state index contributed by atoms with van der Waals surface area (Å²) in [5, 5.41) is 10.8. The summed E-state index contributed by atoms with van der Waals surface area (Å²) < 4.78 is 4.79. The van der Waals surface area contributed by atoms with Gasteiger partial charge in [-0.1, -0.05) is 79.7 Å². The van der Waals surface area contributed by atoms with E-state index in [1.807, 2.05) is 91.9 Å². The number of hydrogen-bond donors (Lipinski definition) is 1. The Bertz CT molecular complexity index is 1690. The number of ether oxygens (including phenoxy) is 1. The van der Waals surface area contributed by atoms with E-state index in [0.717, 1.165) is 11.1 Å². The highest BCUT2D eigenvalue weighted by atomic mass is 32.2. The van der Waals surface area contributed by atoms with E-state index in [1.54, 1.807) is 38.6 Å². The molecule has 6 rings (SSSR count). The monoisotopic (exact) mass is 693 g/mol. The van der Waals surface area contributed by atoms with Crippen molar-refractivity contribution in [2.75, 3.05) is 31.2 Å². The van der Waals surface area contributed by atoms with Crippen molar-refractivity contribution in [1.82, 2.24) is 9.80 Å². The number of likely N-dealkylation sites (tertiary alicyclic amines) is 1. The van der Waals surface area contributed by atoms with Gasteiger partial charge in [0.1, 0.15) is 11.8 Å². The lowest BCUT2D eigenvalue weighted by molar-refractivity contribution is -0.146. The molecule has 3 saturated heterocycles. The fourth-order valence-corrected chi connectivity index (χ4v) is 10.8. The van der Waals surface area contributed by atoms with Crippen molar-refractivity contribution in [1.29, 1.82) is 0 Å². The molecule has 9 heteroatoms. The smallest absolute Gasteiger partial charge is 0.247 e. The maximum atomic E-state index is 15.1. The van der Waals surface area contributed by atoms with Crippen molar-refractivity contribution in [3.63, 3.8) is 0 Å². The van der Waals surface area contributed by atoms with Gasteiger partial charge in [0.15, 0.2) is 0 Å². The van der Waals surface area contributed by atoms with Crippen LogP contribution in [0.4, 0.5) is 5.69 Å². The van der Waals surface area contributed by atoms with Crippen molar-refractivity contribution in [2.45, 2.75) is 55.3 Å². The highest BCUT2D eigenvalue weighted by Crippen LogP contribution is 2.69. The molecule has 3 fully saturated rings. The quantitative estimate of drug-likeness (QED) is 0.204. The molecule has 8 nitrogen and oxygen atoms in total. The Hall–Kier alpha value is -4.34. The summed E-state index contributed by atoms with van der Waals surface area (Å²) in [6, 6.07) is 25.4. The molecule has 3 aliphatic rings. The number of thioether (sulfide) groups is 1. The number of benzene rings is 3.